The largest absolute Gasteiger partial charge is 0.450 e. The van der Waals surface area contributed by atoms with Crippen LogP contribution in [-0.2, 0) is 16.1 Å². The van der Waals surface area contributed by atoms with Crippen LogP contribution >= 0.6 is 0 Å². The minimum absolute atomic E-state index is 0.0214. The van der Waals surface area contributed by atoms with E-state index < -0.39 is 0 Å². The number of carbonyl (C=O) groups is 2. The Labute approximate surface area is 161 Å². The summed E-state index contributed by atoms with van der Waals surface area (Å²) < 4.78 is 5.01. The summed E-state index contributed by atoms with van der Waals surface area (Å²) in [5, 5.41) is 2.96. The quantitative estimate of drug-likeness (QED) is 0.825. The predicted octanol–water partition coefficient (Wildman–Crippen LogP) is 1.99. The summed E-state index contributed by atoms with van der Waals surface area (Å²) in [6, 6.07) is 8.13. The molecule has 3 rings (SSSR count). The van der Waals surface area contributed by atoms with Crippen LogP contribution in [0.2, 0.25) is 0 Å². The normalized spacial score (nSPS) is 18.5. The molecular weight excluding hydrogens is 344 g/mol. The standard InChI is InChI=1S/C20H30N4O3/c1-2-27-20(26)24-13-11-23(12-14-24)16-19(25)21-18-7-5-17(6-8-18)15-22-9-3-4-10-22/h5-8H,2-4,9-16H2,1H3,(H,21,25). The van der Waals surface area contributed by atoms with Gasteiger partial charge in [-0.15, -0.1) is 0 Å². The van der Waals surface area contributed by atoms with E-state index >= 15 is 0 Å². The Morgan fingerprint density at radius 1 is 0.963 bits per heavy atom. The number of anilines is 1. The van der Waals surface area contributed by atoms with Crippen LogP contribution in [0, 0.1) is 0 Å². The molecule has 2 aliphatic heterocycles. The maximum Gasteiger partial charge on any atom is 0.409 e. The number of benzene rings is 1. The van der Waals surface area contributed by atoms with Gasteiger partial charge in [-0.3, -0.25) is 14.6 Å². The van der Waals surface area contributed by atoms with E-state index in [9.17, 15) is 9.59 Å². The third-order valence-corrected chi connectivity index (χ3v) is 5.11. The molecule has 0 saturated carbocycles. The van der Waals surface area contributed by atoms with E-state index in [1.165, 1.54) is 31.5 Å². The second kappa shape index (κ2) is 9.71. The zero-order chi connectivity index (χ0) is 19.1. The average molecular weight is 374 g/mol. The van der Waals surface area contributed by atoms with Gasteiger partial charge in [0.15, 0.2) is 0 Å². The Morgan fingerprint density at radius 3 is 2.26 bits per heavy atom. The summed E-state index contributed by atoms with van der Waals surface area (Å²) in [7, 11) is 0. The van der Waals surface area contributed by atoms with Gasteiger partial charge >= 0.3 is 6.09 Å². The number of likely N-dealkylation sites (tertiary alicyclic amines) is 1. The van der Waals surface area contributed by atoms with Gasteiger partial charge in [0.25, 0.3) is 0 Å². The van der Waals surface area contributed by atoms with Crippen LogP contribution in [0.4, 0.5) is 10.5 Å². The van der Waals surface area contributed by atoms with E-state index in [1.54, 1.807) is 11.8 Å². The Bertz CT molecular complexity index is 621. The molecule has 2 aliphatic rings. The van der Waals surface area contributed by atoms with Gasteiger partial charge in [0.1, 0.15) is 0 Å². The van der Waals surface area contributed by atoms with Crippen LogP contribution in [-0.4, -0.2) is 79.1 Å². The highest BCUT2D eigenvalue weighted by molar-refractivity contribution is 5.92. The molecule has 1 aromatic carbocycles. The summed E-state index contributed by atoms with van der Waals surface area (Å²) in [5.74, 6) is -0.0214. The Kier molecular flexibility index (Phi) is 7.06. The highest BCUT2D eigenvalue weighted by Crippen LogP contribution is 2.15. The predicted molar refractivity (Wildman–Crippen MR) is 105 cm³/mol. The summed E-state index contributed by atoms with van der Waals surface area (Å²) in [4.78, 5) is 30.2. The van der Waals surface area contributed by atoms with Crippen LogP contribution < -0.4 is 5.32 Å². The van der Waals surface area contributed by atoms with Gasteiger partial charge in [-0.05, 0) is 50.6 Å². The summed E-state index contributed by atoms with van der Waals surface area (Å²) in [6.45, 7) is 8.43. The van der Waals surface area contributed by atoms with E-state index in [-0.39, 0.29) is 12.0 Å². The lowest BCUT2D eigenvalue weighted by Gasteiger charge is -2.33. The van der Waals surface area contributed by atoms with E-state index in [0.717, 1.165) is 12.2 Å². The number of piperazine rings is 1. The summed E-state index contributed by atoms with van der Waals surface area (Å²) in [5.41, 5.74) is 2.11. The van der Waals surface area contributed by atoms with Crippen LogP contribution in [0.25, 0.3) is 0 Å². The second-order valence-corrected chi connectivity index (χ2v) is 7.19. The number of rotatable bonds is 6. The molecule has 7 nitrogen and oxygen atoms in total. The first-order valence-corrected chi connectivity index (χ1v) is 9.89. The first-order chi connectivity index (χ1) is 13.1. The SMILES string of the molecule is CCOC(=O)N1CCN(CC(=O)Nc2ccc(CN3CCCC3)cc2)CC1. The number of hydrogen-bond acceptors (Lipinski definition) is 5. The average Bonchev–Trinajstić information content (AvgIpc) is 3.17. The minimum Gasteiger partial charge on any atom is -0.450 e. The minimum atomic E-state index is -0.268. The van der Waals surface area contributed by atoms with Crippen LogP contribution in [0.3, 0.4) is 0 Å². The van der Waals surface area contributed by atoms with Gasteiger partial charge in [0.05, 0.1) is 13.2 Å². The van der Waals surface area contributed by atoms with Crippen molar-refractivity contribution in [2.75, 3.05) is 57.7 Å². The number of carbonyl (C=O) groups excluding carboxylic acids is 2. The molecule has 2 fully saturated rings. The molecule has 1 aromatic rings. The van der Waals surface area contributed by atoms with Crippen LogP contribution in [0.1, 0.15) is 25.3 Å². The molecule has 148 valence electrons. The molecule has 27 heavy (non-hydrogen) atoms. The van der Waals surface area contributed by atoms with Crippen molar-refractivity contribution < 1.29 is 14.3 Å². The molecule has 2 heterocycles. The maximum atomic E-state index is 12.3. The number of nitrogens with zero attached hydrogens (tertiary/aromatic N) is 3. The molecule has 0 aromatic heterocycles. The molecule has 1 N–H and O–H groups in total. The van der Waals surface area contributed by atoms with Crippen LogP contribution in [0.5, 0.6) is 0 Å². The van der Waals surface area contributed by atoms with E-state index in [2.05, 4.69) is 27.2 Å². The van der Waals surface area contributed by atoms with Crippen molar-refractivity contribution in [1.29, 1.82) is 0 Å². The number of nitrogens with one attached hydrogen (secondary N) is 1. The number of amides is 2. The summed E-state index contributed by atoms with van der Waals surface area (Å²) in [6.07, 6.45) is 2.32. The van der Waals surface area contributed by atoms with Crippen molar-refractivity contribution in [3.63, 3.8) is 0 Å². The first kappa shape index (κ1) is 19.6. The van der Waals surface area contributed by atoms with Gasteiger partial charge in [0.2, 0.25) is 5.91 Å². The maximum absolute atomic E-state index is 12.3. The third kappa shape index (κ3) is 5.94. The number of ether oxygens (including phenoxy) is 1. The fourth-order valence-electron chi connectivity index (χ4n) is 3.60. The zero-order valence-corrected chi connectivity index (χ0v) is 16.2. The van der Waals surface area contributed by atoms with Gasteiger partial charge in [-0.2, -0.15) is 0 Å². The van der Waals surface area contributed by atoms with Gasteiger partial charge < -0.3 is 15.0 Å². The van der Waals surface area contributed by atoms with Crippen molar-refractivity contribution in [2.45, 2.75) is 26.3 Å². The molecular formula is C20H30N4O3. The van der Waals surface area contributed by atoms with Gasteiger partial charge in [-0.25, -0.2) is 4.79 Å². The monoisotopic (exact) mass is 374 g/mol. The smallest absolute Gasteiger partial charge is 0.409 e. The molecule has 0 bridgehead atoms. The van der Waals surface area contributed by atoms with Crippen molar-refractivity contribution in [1.82, 2.24) is 14.7 Å². The Morgan fingerprint density at radius 2 is 1.63 bits per heavy atom. The van der Waals surface area contributed by atoms with Crippen molar-refractivity contribution in [3.8, 4) is 0 Å². The highest BCUT2D eigenvalue weighted by Gasteiger charge is 2.23. The fraction of sp³-hybridized carbons (Fsp3) is 0.600. The summed E-state index contributed by atoms with van der Waals surface area (Å²) >= 11 is 0. The molecule has 2 amide bonds. The van der Waals surface area contributed by atoms with Gasteiger partial charge in [0, 0.05) is 38.4 Å². The molecule has 0 unspecified atom stereocenters. The molecule has 0 radical (unpaired) electrons. The van der Waals surface area contributed by atoms with E-state index in [0.29, 0.717) is 39.3 Å². The van der Waals surface area contributed by atoms with E-state index in [1.807, 2.05) is 12.1 Å². The first-order valence-electron chi connectivity index (χ1n) is 9.89. The second-order valence-electron chi connectivity index (χ2n) is 7.19. The van der Waals surface area contributed by atoms with Crippen molar-refractivity contribution >= 4 is 17.7 Å². The van der Waals surface area contributed by atoms with Crippen molar-refractivity contribution in [3.05, 3.63) is 29.8 Å². The lowest BCUT2D eigenvalue weighted by Crippen LogP contribution is -2.50. The Hall–Kier alpha value is -2.12. The Balaban J connectivity index is 1.39. The lowest BCUT2D eigenvalue weighted by atomic mass is 10.2. The topological polar surface area (TPSA) is 65.1 Å². The number of hydrogen-bond donors (Lipinski definition) is 1. The zero-order valence-electron chi connectivity index (χ0n) is 16.2. The van der Waals surface area contributed by atoms with E-state index in [4.69, 9.17) is 4.74 Å². The van der Waals surface area contributed by atoms with Crippen LogP contribution in [0.15, 0.2) is 24.3 Å². The lowest BCUT2D eigenvalue weighted by molar-refractivity contribution is -0.117. The highest BCUT2D eigenvalue weighted by atomic mass is 16.6. The van der Waals surface area contributed by atoms with Gasteiger partial charge in [-0.1, -0.05) is 12.1 Å². The third-order valence-electron chi connectivity index (χ3n) is 5.11. The molecule has 0 aliphatic carbocycles. The molecule has 0 spiro atoms. The molecule has 2 saturated heterocycles. The fourth-order valence-corrected chi connectivity index (χ4v) is 3.60. The molecule has 7 heteroatoms. The van der Waals surface area contributed by atoms with Crippen molar-refractivity contribution in [2.24, 2.45) is 0 Å². The molecule has 0 atom stereocenters.